The Morgan fingerprint density at radius 3 is 1.06 bits per heavy atom. The molecule has 0 aliphatic rings. The van der Waals surface area contributed by atoms with Crippen LogP contribution in [0, 0.1) is 0 Å². The van der Waals surface area contributed by atoms with Crippen molar-refractivity contribution < 1.29 is 0 Å². The second-order valence-corrected chi connectivity index (χ2v) is 16.6. The normalized spacial score (nSPS) is 12.6. The van der Waals surface area contributed by atoms with Gasteiger partial charge in [-0.15, -0.1) is 22.7 Å². The molecule has 0 amide bonds. The van der Waals surface area contributed by atoms with E-state index >= 15 is 0 Å². The number of benzene rings is 11. The average molecular weight is 691 g/mol. The largest absolute Gasteiger partial charge is 0.135 e. The van der Waals surface area contributed by atoms with Gasteiger partial charge in [0, 0.05) is 40.3 Å². The van der Waals surface area contributed by atoms with Crippen LogP contribution < -0.4 is 0 Å². The lowest BCUT2D eigenvalue weighted by molar-refractivity contribution is 1.72. The molecule has 0 saturated heterocycles. The van der Waals surface area contributed by atoms with Crippen molar-refractivity contribution in [3.8, 4) is 22.3 Å². The Bertz CT molecular complexity index is 3360. The monoisotopic (exact) mass is 690 g/mol. The maximum atomic E-state index is 2.46. The molecule has 0 saturated carbocycles. The van der Waals surface area contributed by atoms with Crippen LogP contribution in [0.5, 0.6) is 0 Å². The van der Waals surface area contributed by atoms with E-state index in [1.165, 1.54) is 127 Å². The zero-order valence-electron chi connectivity index (χ0n) is 27.8. The van der Waals surface area contributed by atoms with Gasteiger partial charge in [0.2, 0.25) is 0 Å². The molecule has 2 heteroatoms. The van der Waals surface area contributed by atoms with Crippen molar-refractivity contribution in [3.05, 3.63) is 158 Å². The van der Waals surface area contributed by atoms with Crippen LogP contribution >= 0.6 is 22.7 Å². The molecule has 2 heterocycles. The molecule has 2 aromatic heterocycles. The van der Waals surface area contributed by atoms with Gasteiger partial charge in [-0.3, -0.25) is 0 Å². The molecule has 238 valence electrons. The third-order valence-corrected chi connectivity index (χ3v) is 14.0. The summed E-state index contributed by atoms with van der Waals surface area (Å²) in [6, 6.07) is 59.9. The molecule has 11 aromatic carbocycles. The molecule has 52 heavy (non-hydrogen) atoms. The summed E-state index contributed by atoms with van der Waals surface area (Å²) in [6.07, 6.45) is 0. The minimum absolute atomic E-state index is 1.28. The molecule has 0 radical (unpaired) electrons. The van der Waals surface area contributed by atoms with Crippen molar-refractivity contribution in [2.24, 2.45) is 0 Å². The highest BCUT2D eigenvalue weighted by Gasteiger charge is 2.17. The summed E-state index contributed by atoms with van der Waals surface area (Å²) in [5.74, 6) is 0. The van der Waals surface area contributed by atoms with Crippen molar-refractivity contribution in [3.63, 3.8) is 0 Å². The fourth-order valence-corrected chi connectivity index (χ4v) is 11.6. The van der Waals surface area contributed by atoms with E-state index < -0.39 is 0 Å². The first-order chi connectivity index (χ1) is 25.7. The summed E-state index contributed by atoms with van der Waals surface area (Å²) in [7, 11) is 0. The van der Waals surface area contributed by atoms with Crippen molar-refractivity contribution in [1.82, 2.24) is 0 Å². The first-order valence-corrected chi connectivity index (χ1v) is 19.5. The van der Waals surface area contributed by atoms with Crippen molar-refractivity contribution in [1.29, 1.82) is 0 Å². The molecule has 0 unspecified atom stereocenters. The van der Waals surface area contributed by atoms with E-state index in [-0.39, 0.29) is 0 Å². The zero-order chi connectivity index (χ0) is 33.7. The van der Waals surface area contributed by atoms with E-state index in [1.54, 1.807) is 0 Å². The van der Waals surface area contributed by atoms with Gasteiger partial charge < -0.3 is 0 Å². The summed E-state index contributed by atoms with van der Waals surface area (Å²) in [4.78, 5) is 0. The van der Waals surface area contributed by atoms with Crippen molar-refractivity contribution in [2.45, 2.75) is 0 Å². The number of rotatable bonds is 2. The van der Waals surface area contributed by atoms with Crippen LogP contribution in [-0.2, 0) is 0 Å². The Labute approximate surface area is 306 Å². The third kappa shape index (κ3) is 3.60. The molecule has 0 aliphatic heterocycles. The molecule has 0 nitrogen and oxygen atoms in total. The van der Waals surface area contributed by atoms with E-state index in [2.05, 4.69) is 158 Å². The second-order valence-electron chi connectivity index (χ2n) is 14.4. The van der Waals surface area contributed by atoms with Gasteiger partial charge in [0.1, 0.15) is 0 Å². The van der Waals surface area contributed by atoms with Crippen LogP contribution in [-0.4, -0.2) is 0 Å². The Kier molecular flexibility index (Phi) is 5.23. The van der Waals surface area contributed by atoms with Crippen molar-refractivity contribution >= 4 is 128 Å². The molecule has 13 rings (SSSR count). The van der Waals surface area contributed by atoms with Crippen LogP contribution in [0.15, 0.2) is 158 Å². The number of fused-ring (bicyclic) bond motifs is 6. The Morgan fingerprint density at radius 2 is 0.615 bits per heavy atom. The number of thiophene rings is 2. The summed E-state index contributed by atoms with van der Waals surface area (Å²) >= 11 is 3.83. The Morgan fingerprint density at radius 1 is 0.250 bits per heavy atom. The molecule has 0 atom stereocenters. The molecule has 0 aliphatic carbocycles. The van der Waals surface area contributed by atoms with Crippen LogP contribution in [0.1, 0.15) is 0 Å². The van der Waals surface area contributed by atoms with E-state index in [9.17, 15) is 0 Å². The number of hydrogen-bond donors (Lipinski definition) is 0. The lowest BCUT2D eigenvalue weighted by Crippen LogP contribution is -1.87. The average Bonchev–Trinajstić information content (AvgIpc) is 3.74. The lowest BCUT2D eigenvalue weighted by Gasteiger charge is -2.14. The molecular formula is C50H26S2. The topological polar surface area (TPSA) is 0 Å². The predicted molar refractivity (Wildman–Crippen MR) is 230 cm³/mol. The first kappa shape index (κ1) is 27.6. The maximum Gasteiger partial charge on any atom is 0.0362 e. The molecule has 0 spiro atoms. The highest BCUT2D eigenvalue weighted by Crippen LogP contribution is 2.46. The Balaban J connectivity index is 0.985. The second kappa shape index (κ2) is 9.83. The Hall–Kier alpha value is -6.06. The molecule has 0 fully saturated rings. The molecule has 13 aromatic rings. The van der Waals surface area contributed by atoms with Crippen LogP contribution in [0.2, 0.25) is 0 Å². The minimum Gasteiger partial charge on any atom is -0.135 e. The van der Waals surface area contributed by atoms with Gasteiger partial charge in [-0.25, -0.2) is 0 Å². The smallest absolute Gasteiger partial charge is 0.0362 e. The SMILES string of the molecule is c1cc2ccc3ccc(-c4ccc5sc6cc7c(cc6c5c4)sc4ccc(-c5ccc6ccc8cccc9ccc5c6c89)cc47)c4ccc(c1)c2c34. The van der Waals surface area contributed by atoms with Gasteiger partial charge in [-0.2, -0.15) is 0 Å². The van der Waals surface area contributed by atoms with Gasteiger partial charge in [-0.05, 0) is 123 Å². The fraction of sp³-hybridized carbons (Fsp3) is 0. The highest BCUT2D eigenvalue weighted by atomic mass is 32.1. The first-order valence-electron chi connectivity index (χ1n) is 17.9. The van der Waals surface area contributed by atoms with E-state index in [0.29, 0.717) is 0 Å². The van der Waals surface area contributed by atoms with Crippen LogP contribution in [0.25, 0.3) is 127 Å². The zero-order valence-corrected chi connectivity index (χ0v) is 29.5. The van der Waals surface area contributed by atoms with Gasteiger partial charge in [0.25, 0.3) is 0 Å². The summed E-state index contributed by atoms with van der Waals surface area (Å²) < 4.78 is 5.38. The number of hydrogen-bond acceptors (Lipinski definition) is 2. The quantitative estimate of drug-likeness (QED) is 0.158. The summed E-state index contributed by atoms with van der Waals surface area (Å²) in [5, 5.41) is 21.4. The highest BCUT2D eigenvalue weighted by molar-refractivity contribution is 7.27. The van der Waals surface area contributed by atoms with Crippen LogP contribution in [0.4, 0.5) is 0 Å². The van der Waals surface area contributed by atoms with E-state index in [1.807, 2.05) is 22.7 Å². The summed E-state index contributed by atoms with van der Waals surface area (Å²) in [6.45, 7) is 0. The van der Waals surface area contributed by atoms with Gasteiger partial charge in [-0.1, -0.05) is 121 Å². The predicted octanol–water partition coefficient (Wildman–Crippen LogP) is 15.6. The van der Waals surface area contributed by atoms with Gasteiger partial charge >= 0.3 is 0 Å². The molecular weight excluding hydrogens is 665 g/mol. The van der Waals surface area contributed by atoms with Crippen molar-refractivity contribution in [2.75, 3.05) is 0 Å². The van der Waals surface area contributed by atoms with Gasteiger partial charge in [0.05, 0.1) is 0 Å². The molecule has 0 N–H and O–H groups in total. The standard InChI is InChI=1S/C50H26S2/c1-3-27-7-9-31-11-17-35(37-19-13-29(5-1)47(27)49(31)37)33-15-21-43-39(23-33)41-25-46-42(26-45(41)51-43)40-24-34(16-22-44(40)52-46)36-18-12-32-10-8-28-4-2-6-30-14-20-38(36)50(32)48(28)30/h1-26H. The maximum absolute atomic E-state index is 2.46. The van der Waals surface area contributed by atoms with Crippen LogP contribution in [0.3, 0.4) is 0 Å². The molecule has 0 bridgehead atoms. The van der Waals surface area contributed by atoms with Gasteiger partial charge in [0.15, 0.2) is 0 Å². The minimum atomic E-state index is 1.28. The fourth-order valence-electron chi connectivity index (χ4n) is 9.35. The lowest BCUT2D eigenvalue weighted by atomic mass is 9.89. The third-order valence-electron chi connectivity index (χ3n) is 11.7. The summed E-state index contributed by atoms with van der Waals surface area (Å²) in [5.41, 5.74) is 5.16. The van der Waals surface area contributed by atoms with E-state index in [4.69, 9.17) is 0 Å². The van der Waals surface area contributed by atoms with E-state index in [0.717, 1.165) is 0 Å².